The van der Waals surface area contributed by atoms with Crippen LogP contribution in [0, 0.1) is 0 Å². The number of ether oxygens (including phenoxy) is 2. The Labute approximate surface area is 192 Å². The Morgan fingerprint density at radius 1 is 1.06 bits per heavy atom. The molecule has 32 heavy (non-hydrogen) atoms. The number of carbonyl (C=O) groups is 1. The molecule has 6 heteroatoms. The maximum atomic E-state index is 13.6. The quantitative estimate of drug-likeness (QED) is 0.569. The van der Waals surface area contributed by atoms with Crippen molar-refractivity contribution in [3.05, 3.63) is 54.1 Å². The molecule has 6 nitrogen and oxygen atoms in total. The summed E-state index contributed by atoms with van der Waals surface area (Å²) in [5, 5.41) is 3.08. The summed E-state index contributed by atoms with van der Waals surface area (Å²) >= 11 is 0. The standard InChI is InChI=1S/C26H37N3O3/c1-5-10-20(2)28-17-15-22(16-18-28)29(19-21-11-7-6-8-12-21)26(30)27-25-23(31-3)13-9-14-24(25)32-4/h6-9,11-14,20,22H,5,10,15-19H2,1-4H3,(H,27,30). The number of hydrogen-bond donors (Lipinski definition) is 1. The fourth-order valence-corrected chi connectivity index (χ4v) is 4.54. The molecule has 0 radical (unpaired) electrons. The third kappa shape index (κ3) is 5.94. The van der Waals surface area contributed by atoms with Gasteiger partial charge in [-0.15, -0.1) is 0 Å². The fraction of sp³-hybridized carbons (Fsp3) is 0.500. The zero-order valence-electron chi connectivity index (χ0n) is 19.8. The number of anilines is 1. The number of amides is 2. The summed E-state index contributed by atoms with van der Waals surface area (Å²) in [6.45, 7) is 7.15. The Kier molecular flexibility index (Phi) is 8.80. The molecule has 1 atom stereocenters. The van der Waals surface area contributed by atoms with E-state index in [1.54, 1.807) is 14.2 Å². The van der Waals surface area contributed by atoms with E-state index >= 15 is 0 Å². The molecule has 2 amide bonds. The molecule has 0 aliphatic carbocycles. The first-order chi connectivity index (χ1) is 15.6. The van der Waals surface area contributed by atoms with Crippen LogP contribution in [-0.4, -0.2) is 55.2 Å². The zero-order valence-corrected chi connectivity index (χ0v) is 19.8. The van der Waals surface area contributed by atoms with E-state index in [1.807, 2.05) is 41.3 Å². The van der Waals surface area contributed by atoms with E-state index in [0.29, 0.717) is 29.8 Å². The van der Waals surface area contributed by atoms with Gasteiger partial charge in [0, 0.05) is 31.7 Å². The summed E-state index contributed by atoms with van der Waals surface area (Å²) in [7, 11) is 3.19. The highest BCUT2D eigenvalue weighted by Gasteiger charge is 2.30. The molecular weight excluding hydrogens is 402 g/mol. The monoisotopic (exact) mass is 439 g/mol. The minimum atomic E-state index is -0.128. The van der Waals surface area contributed by atoms with Crippen molar-refractivity contribution in [1.29, 1.82) is 0 Å². The lowest BCUT2D eigenvalue weighted by Crippen LogP contribution is -2.50. The Hall–Kier alpha value is -2.73. The van der Waals surface area contributed by atoms with E-state index in [2.05, 4.69) is 36.2 Å². The summed E-state index contributed by atoms with van der Waals surface area (Å²) in [4.78, 5) is 18.1. The van der Waals surface area contributed by atoms with E-state index in [-0.39, 0.29) is 12.1 Å². The van der Waals surface area contributed by atoms with Gasteiger partial charge in [0.05, 0.1) is 14.2 Å². The molecule has 0 aromatic heterocycles. The van der Waals surface area contributed by atoms with Crippen LogP contribution in [-0.2, 0) is 6.54 Å². The van der Waals surface area contributed by atoms with E-state index < -0.39 is 0 Å². The number of nitrogens with one attached hydrogen (secondary N) is 1. The molecule has 1 fully saturated rings. The molecule has 2 aromatic rings. The Morgan fingerprint density at radius 3 is 2.25 bits per heavy atom. The van der Waals surface area contributed by atoms with Crippen molar-refractivity contribution in [2.75, 3.05) is 32.6 Å². The number of para-hydroxylation sites is 1. The van der Waals surface area contributed by atoms with Gasteiger partial charge in [0.25, 0.3) is 0 Å². The number of nitrogens with zero attached hydrogens (tertiary/aromatic N) is 2. The number of urea groups is 1. The van der Waals surface area contributed by atoms with Crippen molar-refractivity contribution >= 4 is 11.7 Å². The normalized spacial score (nSPS) is 15.8. The number of methoxy groups -OCH3 is 2. The third-order valence-electron chi connectivity index (χ3n) is 6.39. The number of carbonyl (C=O) groups excluding carboxylic acids is 1. The Morgan fingerprint density at radius 2 is 1.69 bits per heavy atom. The molecule has 1 N–H and O–H groups in total. The second kappa shape index (κ2) is 11.8. The van der Waals surface area contributed by atoms with Gasteiger partial charge >= 0.3 is 6.03 Å². The fourth-order valence-electron chi connectivity index (χ4n) is 4.54. The van der Waals surface area contributed by atoms with Gasteiger partial charge in [-0.05, 0) is 43.9 Å². The van der Waals surface area contributed by atoms with Crippen molar-refractivity contribution in [1.82, 2.24) is 9.80 Å². The second-order valence-corrected chi connectivity index (χ2v) is 8.49. The van der Waals surface area contributed by atoms with E-state index in [1.165, 1.54) is 12.8 Å². The first-order valence-corrected chi connectivity index (χ1v) is 11.6. The van der Waals surface area contributed by atoms with Crippen LogP contribution < -0.4 is 14.8 Å². The van der Waals surface area contributed by atoms with Crippen LogP contribution >= 0.6 is 0 Å². The maximum Gasteiger partial charge on any atom is 0.322 e. The topological polar surface area (TPSA) is 54.0 Å². The number of hydrogen-bond acceptors (Lipinski definition) is 4. The van der Waals surface area contributed by atoms with Gasteiger partial charge in [-0.3, -0.25) is 0 Å². The minimum absolute atomic E-state index is 0.128. The van der Waals surface area contributed by atoms with Crippen LogP contribution in [0.2, 0.25) is 0 Å². The maximum absolute atomic E-state index is 13.6. The minimum Gasteiger partial charge on any atom is -0.494 e. The number of likely N-dealkylation sites (tertiary alicyclic amines) is 1. The first-order valence-electron chi connectivity index (χ1n) is 11.6. The molecule has 1 aliphatic rings. The smallest absolute Gasteiger partial charge is 0.322 e. The summed E-state index contributed by atoms with van der Waals surface area (Å²) < 4.78 is 11.0. The highest BCUT2D eigenvalue weighted by Crippen LogP contribution is 2.35. The van der Waals surface area contributed by atoms with Crippen molar-refractivity contribution in [3.63, 3.8) is 0 Å². The van der Waals surface area contributed by atoms with Gasteiger partial charge in [0.15, 0.2) is 0 Å². The van der Waals surface area contributed by atoms with Crippen LogP contribution in [0.15, 0.2) is 48.5 Å². The molecular formula is C26H37N3O3. The van der Waals surface area contributed by atoms with Gasteiger partial charge < -0.3 is 24.6 Å². The van der Waals surface area contributed by atoms with Crippen molar-refractivity contribution in [2.24, 2.45) is 0 Å². The largest absolute Gasteiger partial charge is 0.494 e. The summed E-state index contributed by atoms with van der Waals surface area (Å²) in [5.41, 5.74) is 1.69. The SMILES string of the molecule is CCCC(C)N1CCC(N(Cc2ccccc2)C(=O)Nc2c(OC)cccc2OC)CC1. The van der Waals surface area contributed by atoms with E-state index in [9.17, 15) is 4.79 Å². The summed E-state index contributed by atoms with van der Waals surface area (Å²) in [6.07, 6.45) is 4.35. The van der Waals surface area contributed by atoms with Crippen LogP contribution in [0.5, 0.6) is 11.5 Å². The van der Waals surface area contributed by atoms with Crippen molar-refractivity contribution < 1.29 is 14.3 Å². The number of piperidine rings is 1. The Balaban J connectivity index is 1.79. The molecule has 174 valence electrons. The lowest BCUT2D eigenvalue weighted by molar-refractivity contribution is 0.0989. The van der Waals surface area contributed by atoms with Crippen LogP contribution in [0.4, 0.5) is 10.5 Å². The molecule has 0 spiro atoms. The van der Waals surface area contributed by atoms with Gasteiger partial charge in [-0.1, -0.05) is 49.7 Å². The Bertz CT molecular complexity index is 828. The van der Waals surface area contributed by atoms with Gasteiger partial charge in [-0.2, -0.15) is 0 Å². The molecule has 1 aliphatic heterocycles. The number of benzene rings is 2. The van der Waals surface area contributed by atoms with E-state index in [0.717, 1.165) is 31.5 Å². The highest BCUT2D eigenvalue weighted by molar-refractivity contribution is 5.93. The average molecular weight is 440 g/mol. The van der Waals surface area contributed by atoms with Crippen LogP contribution in [0.25, 0.3) is 0 Å². The second-order valence-electron chi connectivity index (χ2n) is 8.49. The lowest BCUT2D eigenvalue weighted by atomic mass is 10.00. The average Bonchev–Trinajstić information content (AvgIpc) is 2.83. The van der Waals surface area contributed by atoms with Crippen molar-refractivity contribution in [3.8, 4) is 11.5 Å². The lowest BCUT2D eigenvalue weighted by Gasteiger charge is -2.40. The zero-order chi connectivity index (χ0) is 22.9. The highest BCUT2D eigenvalue weighted by atomic mass is 16.5. The summed E-state index contributed by atoms with van der Waals surface area (Å²) in [5.74, 6) is 1.17. The third-order valence-corrected chi connectivity index (χ3v) is 6.39. The molecule has 0 bridgehead atoms. The van der Waals surface area contributed by atoms with Gasteiger partial charge in [0.1, 0.15) is 17.2 Å². The first kappa shape index (κ1) is 23.9. The van der Waals surface area contributed by atoms with Crippen LogP contribution in [0.1, 0.15) is 45.1 Å². The van der Waals surface area contributed by atoms with Crippen LogP contribution in [0.3, 0.4) is 0 Å². The predicted molar refractivity (Wildman–Crippen MR) is 130 cm³/mol. The molecule has 2 aromatic carbocycles. The van der Waals surface area contributed by atoms with Crippen molar-refractivity contribution in [2.45, 2.75) is 58.2 Å². The van der Waals surface area contributed by atoms with Gasteiger partial charge in [-0.25, -0.2) is 4.79 Å². The molecule has 1 saturated heterocycles. The molecule has 3 rings (SSSR count). The summed E-state index contributed by atoms with van der Waals surface area (Å²) in [6, 6.07) is 16.3. The van der Waals surface area contributed by atoms with Gasteiger partial charge in [0.2, 0.25) is 0 Å². The molecule has 0 saturated carbocycles. The van der Waals surface area contributed by atoms with E-state index in [4.69, 9.17) is 9.47 Å². The number of rotatable bonds is 9. The predicted octanol–water partition coefficient (Wildman–Crippen LogP) is 5.39. The molecule has 1 unspecified atom stereocenters. The molecule has 1 heterocycles.